The number of hydrogen-bond donors (Lipinski definition) is 4. The molecular formula is C22H27N3O4. The molecule has 0 aromatic heterocycles. The van der Waals surface area contributed by atoms with Crippen LogP contribution in [0, 0.1) is 19.8 Å². The highest BCUT2D eigenvalue weighted by molar-refractivity contribution is 5.86. The molecule has 4 rings (SSSR count). The molecule has 2 saturated heterocycles. The Morgan fingerprint density at radius 3 is 2.55 bits per heavy atom. The van der Waals surface area contributed by atoms with Crippen LogP contribution in [0.15, 0.2) is 36.4 Å². The minimum Gasteiger partial charge on any atom is -0.508 e. The number of carbonyl (C=O) groups excluding carboxylic acids is 1. The van der Waals surface area contributed by atoms with Gasteiger partial charge >= 0.3 is 0 Å². The number of hydrazine groups is 1. The minimum absolute atomic E-state index is 0.0142. The van der Waals surface area contributed by atoms with Crippen LogP contribution < -0.4 is 10.9 Å². The number of amides is 1. The van der Waals surface area contributed by atoms with Crippen LogP contribution in [0.3, 0.4) is 0 Å². The Morgan fingerprint density at radius 2 is 1.86 bits per heavy atom. The maximum atomic E-state index is 13.2. The van der Waals surface area contributed by atoms with Crippen LogP contribution in [-0.2, 0) is 9.53 Å². The molecular weight excluding hydrogens is 370 g/mol. The zero-order valence-electron chi connectivity index (χ0n) is 16.8. The number of rotatable bonds is 5. The first kappa shape index (κ1) is 19.7. The molecule has 0 spiro atoms. The van der Waals surface area contributed by atoms with E-state index in [1.165, 1.54) is 0 Å². The van der Waals surface area contributed by atoms with Gasteiger partial charge in [-0.05, 0) is 48.7 Å². The van der Waals surface area contributed by atoms with Gasteiger partial charge < -0.3 is 19.8 Å². The number of ether oxygens (including phenoxy) is 1. The van der Waals surface area contributed by atoms with E-state index in [1.807, 2.05) is 30.9 Å². The summed E-state index contributed by atoms with van der Waals surface area (Å²) in [5.74, 6) is 0.211. The highest BCUT2D eigenvalue weighted by Gasteiger charge is 2.55. The zero-order valence-corrected chi connectivity index (χ0v) is 16.8. The molecule has 0 bridgehead atoms. The first-order chi connectivity index (χ1) is 13.9. The lowest BCUT2D eigenvalue weighted by atomic mass is 9.81. The molecule has 1 amide bonds. The van der Waals surface area contributed by atoms with Crippen molar-refractivity contribution in [3.63, 3.8) is 0 Å². The summed E-state index contributed by atoms with van der Waals surface area (Å²) in [5.41, 5.74) is 10.0. The summed E-state index contributed by atoms with van der Waals surface area (Å²) >= 11 is 0. The molecule has 4 atom stereocenters. The lowest BCUT2D eigenvalue weighted by molar-refractivity contribution is -0.131. The molecule has 2 heterocycles. The van der Waals surface area contributed by atoms with E-state index in [0.29, 0.717) is 13.2 Å². The predicted molar refractivity (Wildman–Crippen MR) is 108 cm³/mol. The normalized spacial score (nSPS) is 26.2. The van der Waals surface area contributed by atoms with Crippen LogP contribution in [0.2, 0.25) is 0 Å². The second-order valence-electron chi connectivity index (χ2n) is 7.90. The topological polar surface area (TPSA) is 94.1 Å². The molecule has 0 radical (unpaired) electrons. The van der Waals surface area contributed by atoms with Crippen molar-refractivity contribution in [3.05, 3.63) is 58.7 Å². The Hall–Kier alpha value is -2.61. The third-order valence-electron chi connectivity index (χ3n) is 5.98. The summed E-state index contributed by atoms with van der Waals surface area (Å²) in [6.07, 6.45) is 0. The van der Waals surface area contributed by atoms with Crippen LogP contribution in [0.25, 0.3) is 0 Å². The van der Waals surface area contributed by atoms with Gasteiger partial charge in [-0.2, -0.15) is 0 Å². The van der Waals surface area contributed by atoms with Crippen molar-refractivity contribution in [3.8, 4) is 11.5 Å². The third-order valence-corrected chi connectivity index (χ3v) is 5.98. The Balaban J connectivity index is 1.80. The van der Waals surface area contributed by atoms with Gasteiger partial charge in [0.05, 0.1) is 18.7 Å². The number of aromatic hydroxyl groups is 2. The summed E-state index contributed by atoms with van der Waals surface area (Å²) in [4.78, 5) is 15.0. The molecule has 29 heavy (non-hydrogen) atoms. The highest BCUT2D eigenvalue weighted by atomic mass is 16.5. The van der Waals surface area contributed by atoms with Gasteiger partial charge in [0.15, 0.2) is 0 Å². The maximum absolute atomic E-state index is 13.2. The average molecular weight is 397 g/mol. The first-order valence-corrected chi connectivity index (χ1v) is 9.82. The quantitative estimate of drug-likeness (QED) is 0.617. The number of phenols is 2. The lowest BCUT2D eigenvalue weighted by Gasteiger charge is -2.32. The van der Waals surface area contributed by atoms with Gasteiger partial charge in [-0.3, -0.25) is 4.79 Å². The number of nitrogens with one attached hydrogen (secondary N) is 2. The zero-order chi connectivity index (χ0) is 20.7. The number of carbonyl (C=O) groups is 1. The van der Waals surface area contributed by atoms with Crippen molar-refractivity contribution in [2.24, 2.45) is 5.92 Å². The Labute approximate surface area is 170 Å². The fraction of sp³-hybridized carbons (Fsp3) is 0.409. The molecule has 4 N–H and O–H groups in total. The van der Waals surface area contributed by atoms with Crippen molar-refractivity contribution in [1.29, 1.82) is 0 Å². The summed E-state index contributed by atoms with van der Waals surface area (Å²) in [5, 5.41) is 20.7. The van der Waals surface area contributed by atoms with Gasteiger partial charge in [0, 0.05) is 25.1 Å². The molecule has 7 nitrogen and oxygen atoms in total. The van der Waals surface area contributed by atoms with E-state index >= 15 is 0 Å². The van der Waals surface area contributed by atoms with Crippen molar-refractivity contribution in [2.75, 3.05) is 20.3 Å². The Bertz CT molecular complexity index is 909. The molecule has 0 aliphatic carbocycles. The summed E-state index contributed by atoms with van der Waals surface area (Å²) in [6, 6.07) is 9.88. The van der Waals surface area contributed by atoms with E-state index in [0.717, 1.165) is 22.3 Å². The molecule has 4 unspecified atom stereocenters. The largest absolute Gasteiger partial charge is 0.508 e. The fourth-order valence-electron chi connectivity index (χ4n) is 4.85. The third kappa shape index (κ3) is 3.35. The number of methoxy groups -OCH3 is 1. The van der Waals surface area contributed by atoms with Crippen molar-refractivity contribution in [2.45, 2.75) is 32.0 Å². The predicted octanol–water partition coefficient (Wildman–Crippen LogP) is 2.08. The molecule has 2 aliphatic heterocycles. The van der Waals surface area contributed by atoms with Gasteiger partial charge in [0.1, 0.15) is 17.5 Å². The van der Waals surface area contributed by atoms with E-state index < -0.39 is 6.04 Å². The van der Waals surface area contributed by atoms with Crippen LogP contribution in [0.4, 0.5) is 0 Å². The SMILES string of the molecule is COCCN1C(=O)C2NNC(c3c(C)cc(C)cc3O)C2C1c1cccc(O)c1. The maximum Gasteiger partial charge on any atom is 0.242 e. The minimum atomic E-state index is -0.427. The van der Waals surface area contributed by atoms with Gasteiger partial charge in [0.25, 0.3) is 0 Å². The van der Waals surface area contributed by atoms with E-state index in [1.54, 1.807) is 31.4 Å². The number of benzene rings is 2. The number of fused-ring (bicyclic) bond motifs is 1. The number of aryl methyl sites for hydroxylation is 2. The molecule has 154 valence electrons. The highest BCUT2D eigenvalue weighted by Crippen LogP contribution is 2.49. The Kier molecular flexibility index (Phi) is 5.21. The van der Waals surface area contributed by atoms with Crippen LogP contribution >= 0.6 is 0 Å². The molecule has 2 aromatic rings. The average Bonchev–Trinajstić information content (AvgIpc) is 3.19. The number of likely N-dealkylation sites (tertiary alicyclic amines) is 1. The summed E-state index contributed by atoms with van der Waals surface area (Å²) < 4.78 is 5.23. The fourth-order valence-corrected chi connectivity index (χ4v) is 4.85. The first-order valence-electron chi connectivity index (χ1n) is 9.82. The van der Waals surface area contributed by atoms with E-state index in [9.17, 15) is 15.0 Å². The van der Waals surface area contributed by atoms with Gasteiger partial charge in [0.2, 0.25) is 5.91 Å². The van der Waals surface area contributed by atoms with Crippen LogP contribution in [0.1, 0.15) is 34.3 Å². The van der Waals surface area contributed by atoms with Gasteiger partial charge in [-0.15, -0.1) is 0 Å². The molecule has 2 aromatic carbocycles. The van der Waals surface area contributed by atoms with Crippen LogP contribution in [-0.4, -0.2) is 47.3 Å². The number of nitrogens with zero attached hydrogens (tertiary/aromatic N) is 1. The standard InChI is InChI=1S/C22H27N3O4/c1-12-9-13(2)17(16(27)10-12)19-18-20(24-23-19)22(28)25(7-8-29-3)21(18)14-5-4-6-15(26)11-14/h4-6,9-11,18-21,23-24,26-27H,7-8H2,1-3H3. The molecule has 7 heteroatoms. The summed E-state index contributed by atoms with van der Waals surface area (Å²) in [6.45, 7) is 4.80. The Morgan fingerprint density at radius 1 is 1.10 bits per heavy atom. The molecule has 0 saturated carbocycles. The lowest BCUT2D eigenvalue weighted by Crippen LogP contribution is -2.42. The molecule has 2 aliphatic rings. The smallest absolute Gasteiger partial charge is 0.242 e. The molecule has 2 fully saturated rings. The van der Waals surface area contributed by atoms with E-state index in [4.69, 9.17) is 4.74 Å². The second-order valence-corrected chi connectivity index (χ2v) is 7.90. The van der Waals surface area contributed by atoms with E-state index in [2.05, 4.69) is 10.9 Å². The second kappa shape index (κ2) is 7.67. The number of phenolic OH excluding ortho intramolecular Hbond substituents is 2. The van der Waals surface area contributed by atoms with Gasteiger partial charge in [-0.25, -0.2) is 10.9 Å². The van der Waals surface area contributed by atoms with Crippen molar-refractivity contribution in [1.82, 2.24) is 15.8 Å². The van der Waals surface area contributed by atoms with Crippen molar-refractivity contribution < 1.29 is 19.7 Å². The van der Waals surface area contributed by atoms with E-state index in [-0.39, 0.29) is 35.4 Å². The number of hydrogen-bond acceptors (Lipinski definition) is 6. The van der Waals surface area contributed by atoms with Gasteiger partial charge in [-0.1, -0.05) is 18.2 Å². The summed E-state index contributed by atoms with van der Waals surface area (Å²) in [7, 11) is 1.61. The monoisotopic (exact) mass is 397 g/mol. The van der Waals surface area contributed by atoms with Crippen LogP contribution in [0.5, 0.6) is 11.5 Å². The van der Waals surface area contributed by atoms with Crippen molar-refractivity contribution >= 4 is 5.91 Å².